The van der Waals surface area contributed by atoms with E-state index >= 15 is 0 Å². The molecule has 0 unspecified atom stereocenters. The number of carbonyl (C=O) groups is 1. The maximum absolute atomic E-state index is 14.5. The Kier molecular flexibility index (Phi) is 6.92. The summed E-state index contributed by atoms with van der Waals surface area (Å²) in [6.45, 7) is 0.241. The molecule has 0 bridgehead atoms. The van der Waals surface area contributed by atoms with Crippen molar-refractivity contribution in [2.75, 3.05) is 13.1 Å². The molecule has 1 aliphatic heterocycles. The third kappa shape index (κ3) is 4.50. The van der Waals surface area contributed by atoms with Gasteiger partial charge in [0.05, 0.1) is 16.9 Å². The van der Waals surface area contributed by atoms with Crippen LogP contribution in [0.5, 0.6) is 0 Å². The summed E-state index contributed by atoms with van der Waals surface area (Å²) in [7, 11) is 0. The van der Waals surface area contributed by atoms with Crippen molar-refractivity contribution in [3.8, 4) is 5.69 Å². The molecule has 2 aromatic carbocycles. The summed E-state index contributed by atoms with van der Waals surface area (Å²) in [5.41, 5.74) is -0.932. The van der Waals surface area contributed by atoms with E-state index in [2.05, 4.69) is 10.1 Å². The fourth-order valence-corrected chi connectivity index (χ4v) is 4.84. The first kappa shape index (κ1) is 26.7. The van der Waals surface area contributed by atoms with Crippen molar-refractivity contribution in [3.05, 3.63) is 87.4 Å². The summed E-state index contributed by atoms with van der Waals surface area (Å²) in [5.74, 6) is -7.48. The van der Waals surface area contributed by atoms with E-state index in [9.17, 15) is 31.5 Å². The van der Waals surface area contributed by atoms with Crippen LogP contribution in [0, 0.1) is 39.9 Å². The van der Waals surface area contributed by atoms with E-state index in [1.165, 1.54) is 23.1 Å². The van der Waals surface area contributed by atoms with Crippen molar-refractivity contribution in [1.29, 1.82) is 10.8 Å². The Balaban J connectivity index is 1.45. The molecule has 0 saturated carbocycles. The Morgan fingerprint density at radius 1 is 0.975 bits per heavy atom. The number of fused-ring (bicyclic) bond motifs is 1. The van der Waals surface area contributed by atoms with Gasteiger partial charge in [-0.2, -0.15) is 5.10 Å². The molecule has 0 aliphatic carbocycles. The Morgan fingerprint density at radius 3 is 2.27 bits per heavy atom. The lowest BCUT2D eigenvalue weighted by atomic mass is 10.0. The number of nitrogens with one attached hydrogen (secondary N) is 3. The number of halogens is 5. The van der Waals surface area contributed by atoms with Gasteiger partial charge in [0, 0.05) is 49.3 Å². The number of rotatable bonds is 6. The smallest absolute Gasteiger partial charge is 0.326 e. The van der Waals surface area contributed by atoms with Gasteiger partial charge in [-0.15, -0.1) is 0 Å². The quantitative estimate of drug-likeness (QED) is 0.185. The molecular formula is C26H20F5N7O2. The summed E-state index contributed by atoms with van der Waals surface area (Å²) < 4.78 is 72.0. The number of nitrogens with zero attached hydrogens (tertiary/aromatic N) is 4. The minimum Gasteiger partial charge on any atom is -0.337 e. The van der Waals surface area contributed by atoms with Crippen LogP contribution >= 0.6 is 0 Å². The minimum atomic E-state index is -1.68. The normalized spacial score (nSPS) is 14.6. The molecule has 1 amide bonds. The van der Waals surface area contributed by atoms with E-state index < -0.39 is 46.7 Å². The molecule has 3 heterocycles. The maximum Gasteiger partial charge on any atom is 0.326 e. The molecule has 3 N–H and O–H groups in total. The van der Waals surface area contributed by atoms with Gasteiger partial charge < -0.3 is 20.7 Å². The zero-order valence-corrected chi connectivity index (χ0v) is 20.5. The lowest BCUT2D eigenvalue weighted by Crippen LogP contribution is -2.40. The summed E-state index contributed by atoms with van der Waals surface area (Å²) in [4.78, 5) is 29.8. The molecule has 2 aromatic heterocycles. The topological polar surface area (TPSA) is 124 Å². The number of hydrogen-bond donors (Lipinski definition) is 3. The molecule has 1 aliphatic rings. The number of amides is 1. The zero-order valence-electron chi connectivity index (χ0n) is 20.5. The van der Waals surface area contributed by atoms with Gasteiger partial charge in [0.15, 0.2) is 34.8 Å². The highest BCUT2D eigenvalue weighted by atomic mass is 19.2. The lowest BCUT2D eigenvalue weighted by molar-refractivity contribution is 0.0688. The second-order valence-electron chi connectivity index (χ2n) is 9.06. The van der Waals surface area contributed by atoms with Gasteiger partial charge in [-0.1, -0.05) is 0 Å². The number of aromatic nitrogens is 4. The third-order valence-corrected chi connectivity index (χ3v) is 6.74. The monoisotopic (exact) mass is 557 g/mol. The Morgan fingerprint density at radius 2 is 1.65 bits per heavy atom. The SMILES string of the molecule is N=C/C=C(\C=N)c1cc(C(=O)N2CCC(n3c(=O)[nH]c4ccc(F)c(F)c43)CC2)nn1-c1cc(F)c(F)c(F)c1. The van der Waals surface area contributed by atoms with Crippen LogP contribution < -0.4 is 5.69 Å². The molecule has 0 atom stereocenters. The first-order valence-corrected chi connectivity index (χ1v) is 12.0. The standard InChI is InChI=1S/C26H20F5N7O2/c27-16-1-2-19-24(23(16)31)37(26(40)34-19)14-4-7-36(8-5-14)25(39)20-11-21(13(12-33)3-6-32)38(35-20)15-9-17(28)22(30)18(29)10-15/h1-3,6,9-12,14,32-33H,4-5,7-8H2,(H,34,40)/b13-3+,32-6?,33-12?. The predicted molar refractivity (Wildman–Crippen MR) is 136 cm³/mol. The fraction of sp³-hybridized carbons (Fsp3) is 0.192. The van der Waals surface area contributed by atoms with Gasteiger partial charge in [-0.3, -0.25) is 9.36 Å². The zero-order chi connectivity index (χ0) is 28.7. The molecule has 206 valence electrons. The van der Waals surface area contributed by atoms with Crippen LogP contribution in [0.25, 0.3) is 22.3 Å². The van der Waals surface area contributed by atoms with Crippen molar-refractivity contribution in [2.24, 2.45) is 0 Å². The van der Waals surface area contributed by atoms with Crippen molar-refractivity contribution in [1.82, 2.24) is 24.2 Å². The maximum atomic E-state index is 14.5. The highest BCUT2D eigenvalue weighted by Gasteiger charge is 2.30. The van der Waals surface area contributed by atoms with Crippen LogP contribution in [0.15, 0.2) is 41.2 Å². The van der Waals surface area contributed by atoms with Crippen LogP contribution in [-0.4, -0.2) is 55.7 Å². The molecule has 40 heavy (non-hydrogen) atoms. The van der Waals surface area contributed by atoms with Crippen molar-refractivity contribution < 1.29 is 26.7 Å². The average Bonchev–Trinajstić information content (AvgIpc) is 3.53. The largest absolute Gasteiger partial charge is 0.337 e. The third-order valence-electron chi connectivity index (χ3n) is 6.74. The number of imidazole rings is 1. The molecule has 1 saturated heterocycles. The molecule has 1 fully saturated rings. The molecule has 9 nitrogen and oxygen atoms in total. The van der Waals surface area contributed by atoms with Crippen LogP contribution in [0.3, 0.4) is 0 Å². The molecule has 5 rings (SSSR count). The summed E-state index contributed by atoms with van der Waals surface area (Å²) in [6, 6.07) is 4.30. The van der Waals surface area contributed by atoms with Crippen LogP contribution in [0.1, 0.15) is 35.1 Å². The molecule has 14 heteroatoms. The van der Waals surface area contributed by atoms with Gasteiger partial charge in [-0.05, 0) is 37.1 Å². The van der Waals surface area contributed by atoms with E-state index in [1.54, 1.807) is 0 Å². The fourth-order valence-electron chi connectivity index (χ4n) is 4.84. The van der Waals surface area contributed by atoms with Crippen molar-refractivity contribution >= 4 is 34.9 Å². The number of hydrogen-bond acceptors (Lipinski definition) is 5. The second-order valence-corrected chi connectivity index (χ2v) is 9.06. The van der Waals surface area contributed by atoms with Crippen LogP contribution in [-0.2, 0) is 0 Å². The van der Waals surface area contributed by atoms with Gasteiger partial charge in [0.25, 0.3) is 5.91 Å². The number of aromatic amines is 1. The Hall–Kier alpha value is -4.88. The average molecular weight is 557 g/mol. The van der Waals surface area contributed by atoms with E-state index in [0.717, 1.165) is 27.7 Å². The van der Waals surface area contributed by atoms with Gasteiger partial charge >= 0.3 is 5.69 Å². The van der Waals surface area contributed by atoms with Gasteiger partial charge in [0.2, 0.25) is 0 Å². The molecule has 4 aromatic rings. The van der Waals surface area contributed by atoms with E-state index in [1.807, 2.05) is 0 Å². The number of benzene rings is 2. The van der Waals surface area contributed by atoms with Gasteiger partial charge in [-0.25, -0.2) is 31.4 Å². The van der Waals surface area contributed by atoms with E-state index in [-0.39, 0.29) is 59.6 Å². The highest BCUT2D eigenvalue weighted by Crippen LogP contribution is 2.29. The molecular weight excluding hydrogens is 537 g/mol. The summed E-state index contributed by atoms with van der Waals surface area (Å²) >= 11 is 0. The number of allylic oxidation sites excluding steroid dienone is 2. The van der Waals surface area contributed by atoms with E-state index in [4.69, 9.17) is 10.8 Å². The highest BCUT2D eigenvalue weighted by molar-refractivity contribution is 6.12. The lowest BCUT2D eigenvalue weighted by Gasteiger charge is -2.32. The van der Waals surface area contributed by atoms with Crippen LogP contribution in [0.4, 0.5) is 22.0 Å². The molecule has 0 spiro atoms. The summed E-state index contributed by atoms with van der Waals surface area (Å²) in [5, 5.41) is 19.2. The van der Waals surface area contributed by atoms with Crippen molar-refractivity contribution in [2.45, 2.75) is 18.9 Å². The Labute approximate surface area is 222 Å². The number of piperidine rings is 1. The second kappa shape index (κ2) is 10.4. The first-order valence-electron chi connectivity index (χ1n) is 12.0. The number of likely N-dealkylation sites (tertiary alicyclic amines) is 1. The number of carbonyl (C=O) groups excluding carboxylic acids is 1. The van der Waals surface area contributed by atoms with Crippen molar-refractivity contribution in [3.63, 3.8) is 0 Å². The summed E-state index contributed by atoms with van der Waals surface area (Å²) in [6.07, 6.45) is 3.40. The predicted octanol–water partition coefficient (Wildman–Crippen LogP) is 4.37. The Bertz CT molecular complexity index is 1740. The minimum absolute atomic E-state index is 0.0463. The van der Waals surface area contributed by atoms with Crippen LogP contribution in [0.2, 0.25) is 0 Å². The van der Waals surface area contributed by atoms with Gasteiger partial charge in [0.1, 0.15) is 5.52 Å². The first-order chi connectivity index (χ1) is 19.1. The van der Waals surface area contributed by atoms with E-state index in [0.29, 0.717) is 12.1 Å². The number of H-pyrrole nitrogens is 1. The molecule has 0 radical (unpaired) electrons.